The van der Waals surface area contributed by atoms with Gasteiger partial charge in [-0.25, -0.2) is 0 Å². The van der Waals surface area contributed by atoms with E-state index in [0.29, 0.717) is 6.61 Å². The van der Waals surface area contributed by atoms with Crippen molar-refractivity contribution in [2.45, 2.75) is 6.61 Å². The molecule has 3 rings (SSSR count). The van der Waals surface area contributed by atoms with Gasteiger partial charge in [0.15, 0.2) is 0 Å². The Bertz CT molecular complexity index is 618. The van der Waals surface area contributed by atoms with E-state index < -0.39 is 0 Å². The Balaban J connectivity index is 1.59. The minimum absolute atomic E-state index is 0.548. The second kappa shape index (κ2) is 6.31. The Morgan fingerprint density at radius 3 is 2.33 bits per heavy atom. The number of benzene rings is 2. The molecule has 0 saturated heterocycles. The molecule has 0 aliphatic carbocycles. The van der Waals surface area contributed by atoms with Crippen molar-refractivity contribution in [3.8, 4) is 11.5 Å². The fraction of sp³-hybridized carbons (Fsp3) is 0.235. The molecule has 2 aromatic carbocycles. The number of aliphatic imine (C=N–C) groups is 1. The van der Waals surface area contributed by atoms with Gasteiger partial charge in [0, 0.05) is 12.1 Å². The summed E-state index contributed by atoms with van der Waals surface area (Å²) in [6.45, 7) is 2.34. The van der Waals surface area contributed by atoms with E-state index in [4.69, 9.17) is 9.47 Å². The van der Waals surface area contributed by atoms with Gasteiger partial charge in [-0.15, -0.1) is 0 Å². The van der Waals surface area contributed by atoms with Crippen molar-refractivity contribution in [1.29, 1.82) is 0 Å². The second-order valence-electron chi connectivity index (χ2n) is 4.82. The average molecular weight is 282 g/mol. The lowest BCUT2D eigenvalue weighted by molar-refractivity contribution is 0.305. The lowest BCUT2D eigenvalue weighted by Crippen LogP contribution is -2.19. The molecular weight excluding hydrogens is 264 g/mol. The molecule has 0 amide bonds. The Labute approximate surface area is 124 Å². The zero-order valence-corrected chi connectivity index (χ0v) is 12.0. The molecule has 0 aromatic heterocycles. The molecule has 1 heterocycles. The summed E-state index contributed by atoms with van der Waals surface area (Å²) in [5.41, 5.74) is 2.26. The van der Waals surface area contributed by atoms with Crippen LogP contribution in [0.15, 0.2) is 53.5 Å². The maximum atomic E-state index is 5.76. The quantitative estimate of drug-likeness (QED) is 0.916. The number of methoxy groups -OCH3 is 1. The zero-order chi connectivity index (χ0) is 14.5. The maximum Gasteiger partial charge on any atom is 0.128 e. The summed E-state index contributed by atoms with van der Waals surface area (Å²) in [5, 5.41) is 3.27. The van der Waals surface area contributed by atoms with E-state index in [0.717, 1.165) is 41.6 Å². The van der Waals surface area contributed by atoms with Gasteiger partial charge in [-0.2, -0.15) is 0 Å². The van der Waals surface area contributed by atoms with E-state index in [1.807, 2.05) is 24.3 Å². The average Bonchev–Trinajstić information content (AvgIpc) is 3.08. The van der Waals surface area contributed by atoms with Crippen molar-refractivity contribution in [1.82, 2.24) is 5.32 Å². The third-order valence-corrected chi connectivity index (χ3v) is 3.37. The SMILES string of the molecule is COc1ccc(OCc2ccc(C3=NCCN3)cc2)cc1. The van der Waals surface area contributed by atoms with Crippen LogP contribution >= 0.6 is 0 Å². The molecule has 2 aromatic rings. The molecule has 21 heavy (non-hydrogen) atoms. The Hall–Kier alpha value is -2.49. The van der Waals surface area contributed by atoms with Gasteiger partial charge in [-0.05, 0) is 29.8 Å². The lowest BCUT2D eigenvalue weighted by Gasteiger charge is -2.08. The van der Waals surface area contributed by atoms with Crippen molar-refractivity contribution in [2.24, 2.45) is 4.99 Å². The normalized spacial score (nSPS) is 13.5. The predicted octanol–water partition coefficient (Wildman–Crippen LogP) is 2.62. The summed E-state index contributed by atoms with van der Waals surface area (Å²) in [6.07, 6.45) is 0. The molecule has 0 bridgehead atoms. The van der Waals surface area contributed by atoms with Gasteiger partial charge >= 0.3 is 0 Å². The van der Waals surface area contributed by atoms with E-state index in [2.05, 4.69) is 34.6 Å². The molecule has 0 radical (unpaired) electrons. The summed E-state index contributed by atoms with van der Waals surface area (Å²) in [7, 11) is 1.65. The van der Waals surface area contributed by atoms with Crippen LogP contribution in [0.3, 0.4) is 0 Å². The van der Waals surface area contributed by atoms with Crippen molar-refractivity contribution >= 4 is 5.84 Å². The number of amidine groups is 1. The molecule has 0 atom stereocenters. The zero-order valence-electron chi connectivity index (χ0n) is 12.0. The smallest absolute Gasteiger partial charge is 0.128 e. The lowest BCUT2D eigenvalue weighted by atomic mass is 10.1. The van der Waals surface area contributed by atoms with E-state index in [1.165, 1.54) is 0 Å². The van der Waals surface area contributed by atoms with E-state index in [-0.39, 0.29) is 0 Å². The van der Waals surface area contributed by atoms with Crippen molar-refractivity contribution in [3.05, 3.63) is 59.7 Å². The van der Waals surface area contributed by atoms with Gasteiger partial charge in [0.1, 0.15) is 23.9 Å². The van der Waals surface area contributed by atoms with Crippen LogP contribution in [0.25, 0.3) is 0 Å². The monoisotopic (exact) mass is 282 g/mol. The fourth-order valence-electron chi connectivity index (χ4n) is 2.19. The summed E-state index contributed by atoms with van der Waals surface area (Å²) >= 11 is 0. The Morgan fingerprint density at radius 2 is 1.71 bits per heavy atom. The van der Waals surface area contributed by atoms with E-state index in [1.54, 1.807) is 7.11 Å². The van der Waals surface area contributed by atoms with Crippen LogP contribution in [-0.4, -0.2) is 26.0 Å². The highest BCUT2D eigenvalue weighted by Gasteiger charge is 2.07. The second-order valence-corrected chi connectivity index (χ2v) is 4.82. The fourth-order valence-corrected chi connectivity index (χ4v) is 2.19. The summed E-state index contributed by atoms with van der Waals surface area (Å²) < 4.78 is 10.9. The highest BCUT2D eigenvalue weighted by molar-refractivity contribution is 5.99. The topological polar surface area (TPSA) is 42.9 Å². The summed E-state index contributed by atoms with van der Waals surface area (Å²) in [4.78, 5) is 4.41. The summed E-state index contributed by atoms with van der Waals surface area (Å²) in [5.74, 6) is 2.65. The van der Waals surface area contributed by atoms with Gasteiger partial charge in [0.2, 0.25) is 0 Å². The third-order valence-electron chi connectivity index (χ3n) is 3.37. The third kappa shape index (κ3) is 3.34. The van der Waals surface area contributed by atoms with Crippen LogP contribution in [0.2, 0.25) is 0 Å². The Kier molecular flexibility index (Phi) is 4.05. The minimum atomic E-state index is 0.548. The molecular formula is C17H18N2O2. The molecule has 1 aliphatic rings. The first-order chi connectivity index (χ1) is 10.3. The number of hydrogen-bond acceptors (Lipinski definition) is 4. The first kappa shape index (κ1) is 13.5. The van der Waals surface area contributed by atoms with Crippen LogP contribution in [-0.2, 0) is 6.61 Å². The van der Waals surface area contributed by atoms with Gasteiger partial charge in [-0.3, -0.25) is 4.99 Å². The van der Waals surface area contributed by atoms with Crippen LogP contribution in [0.4, 0.5) is 0 Å². The van der Waals surface area contributed by atoms with Crippen LogP contribution in [0, 0.1) is 0 Å². The van der Waals surface area contributed by atoms with Gasteiger partial charge in [0.05, 0.1) is 13.7 Å². The van der Waals surface area contributed by atoms with Crippen molar-refractivity contribution in [3.63, 3.8) is 0 Å². The Morgan fingerprint density at radius 1 is 1.00 bits per heavy atom. The van der Waals surface area contributed by atoms with E-state index >= 15 is 0 Å². The molecule has 1 aliphatic heterocycles. The molecule has 0 spiro atoms. The van der Waals surface area contributed by atoms with Crippen molar-refractivity contribution in [2.75, 3.05) is 20.2 Å². The first-order valence-electron chi connectivity index (χ1n) is 6.99. The number of ether oxygens (including phenoxy) is 2. The minimum Gasteiger partial charge on any atom is -0.497 e. The maximum absolute atomic E-state index is 5.76. The number of nitrogens with zero attached hydrogens (tertiary/aromatic N) is 1. The number of nitrogens with one attached hydrogen (secondary N) is 1. The summed E-state index contributed by atoms with van der Waals surface area (Å²) in [6, 6.07) is 15.9. The molecule has 4 nitrogen and oxygen atoms in total. The molecule has 0 fully saturated rings. The highest BCUT2D eigenvalue weighted by Crippen LogP contribution is 2.18. The highest BCUT2D eigenvalue weighted by atomic mass is 16.5. The number of hydrogen-bond donors (Lipinski definition) is 1. The predicted molar refractivity (Wildman–Crippen MR) is 83.2 cm³/mol. The number of rotatable bonds is 5. The van der Waals surface area contributed by atoms with Gasteiger partial charge < -0.3 is 14.8 Å². The first-order valence-corrected chi connectivity index (χ1v) is 6.99. The van der Waals surface area contributed by atoms with Gasteiger partial charge in [0.25, 0.3) is 0 Å². The molecule has 0 saturated carbocycles. The molecule has 4 heteroatoms. The van der Waals surface area contributed by atoms with Crippen LogP contribution in [0.5, 0.6) is 11.5 Å². The van der Waals surface area contributed by atoms with Crippen LogP contribution < -0.4 is 14.8 Å². The molecule has 0 unspecified atom stereocenters. The van der Waals surface area contributed by atoms with E-state index in [9.17, 15) is 0 Å². The molecule has 108 valence electrons. The van der Waals surface area contributed by atoms with Crippen molar-refractivity contribution < 1.29 is 9.47 Å². The largest absolute Gasteiger partial charge is 0.497 e. The van der Waals surface area contributed by atoms with Crippen LogP contribution in [0.1, 0.15) is 11.1 Å². The standard InChI is InChI=1S/C17H18N2O2/c1-20-15-6-8-16(9-7-15)21-12-13-2-4-14(5-3-13)17-18-10-11-19-17/h2-9H,10-12H2,1H3,(H,18,19). The van der Waals surface area contributed by atoms with Gasteiger partial charge in [-0.1, -0.05) is 24.3 Å². The molecule has 1 N–H and O–H groups in total.